The summed E-state index contributed by atoms with van der Waals surface area (Å²) in [6.45, 7) is 1.82. The number of rotatable bonds is 17. The fraction of sp³-hybridized carbons (Fsp3) is 0.560. The molecule has 0 saturated carbocycles. The molecule has 11 heteroatoms. The van der Waals surface area contributed by atoms with Crippen molar-refractivity contribution in [2.45, 2.75) is 52.2 Å². The van der Waals surface area contributed by atoms with Crippen LogP contribution in [0.5, 0.6) is 0 Å². The number of esters is 1. The van der Waals surface area contributed by atoms with Gasteiger partial charge in [0.25, 0.3) is 0 Å². The molecule has 200 valence electrons. The van der Waals surface area contributed by atoms with Crippen LogP contribution in [0.1, 0.15) is 45.1 Å². The number of alkyl halides is 1. The van der Waals surface area contributed by atoms with Crippen LogP contribution in [-0.4, -0.2) is 60.4 Å². The van der Waals surface area contributed by atoms with E-state index in [1.54, 1.807) is 26.0 Å². The van der Waals surface area contributed by atoms with Crippen LogP contribution in [0.25, 0.3) is 0 Å². The number of nitrogens with one attached hydrogen (secondary N) is 1. The third-order valence-corrected chi connectivity index (χ3v) is 5.70. The van der Waals surface area contributed by atoms with Gasteiger partial charge in [0.15, 0.2) is 17.5 Å². The summed E-state index contributed by atoms with van der Waals surface area (Å²) >= 11 is 0. The van der Waals surface area contributed by atoms with Crippen molar-refractivity contribution in [1.82, 2.24) is 5.32 Å². The van der Waals surface area contributed by atoms with Crippen molar-refractivity contribution in [1.29, 1.82) is 0 Å². The molecule has 1 aromatic carbocycles. The number of carbonyl (C=O) groups excluding carboxylic acids is 4. The second-order valence-corrected chi connectivity index (χ2v) is 8.86. The number of aliphatic imine (C=N–C) groups is 1. The molecule has 0 aromatic heterocycles. The number of halogens is 1. The Morgan fingerprint density at radius 2 is 1.75 bits per heavy atom. The molecule has 0 aliphatic carbocycles. The number of ketones is 2. The fourth-order valence-corrected chi connectivity index (χ4v) is 3.53. The number of amides is 1. The van der Waals surface area contributed by atoms with Crippen LogP contribution in [0.4, 0.5) is 4.39 Å². The number of nitrogens with two attached hydrogens (primary N) is 2. The highest BCUT2D eigenvalue weighted by molar-refractivity contribution is 5.94. The zero-order valence-corrected chi connectivity index (χ0v) is 20.8. The highest BCUT2D eigenvalue weighted by Crippen LogP contribution is 2.19. The number of carbonyl (C=O) groups is 4. The fourth-order valence-electron chi connectivity index (χ4n) is 3.53. The largest absolute Gasteiger partial charge is 0.461 e. The molecule has 10 nitrogen and oxygen atoms in total. The molecular weight excluding hydrogens is 471 g/mol. The number of guanidine groups is 1. The van der Waals surface area contributed by atoms with Gasteiger partial charge >= 0.3 is 5.97 Å². The van der Waals surface area contributed by atoms with Crippen molar-refractivity contribution in [2.24, 2.45) is 34.2 Å². The van der Waals surface area contributed by atoms with E-state index in [0.29, 0.717) is 6.42 Å². The average molecular weight is 509 g/mol. The number of Topliss-reactive ketones (excluding diaryl/α,β-unsaturated/α-hetero) is 2. The first kappa shape index (κ1) is 30.7. The molecule has 0 radical (unpaired) electrons. The van der Waals surface area contributed by atoms with Gasteiger partial charge in [-0.2, -0.15) is 0 Å². The van der Waals surface area contributed by atoms with Crippen LogP contribution in [0, 0.1) is 17.8 Å². The van der Waals surface area contributed by atoms with E-state index < -0.39 is 54.6 Å². The van der Waals surface area contributed by atoms with Gasteiger partial charge in [-0.1, -0.05) is 44.2 Å². The Hall–Kier alpha value is -3.34. The average Bonchev–Trinajstić information content (AvgIpc) is 2.85. The minimum absolute atomic E-state index is 0.0665. The quantitative estimate of drug-likeness (QED) is 0.104. The maximum absolute atomic E-state index is 13.0. The maximum atomic E-state index is 13.0. The summed E-state index contributed by atoms with van der Waals surface area (Å²) in [6.07, 6.45) is -0.0601. The third kappa shape index (κ3) is 11.4. The number of ether oxygens (including phenoxy) is 1. The van der Waals surface area contributed by atoms with E-state index in [9.17, 15) is 28.7 Å². The molecular formula is C25H37FN4O6. The Bertz CT molecular complexity index is 890. The number of hydrogen-bond donors (Lipinski definition) is 4. The molecule has 1 rings (SSSR count). The lowest BCUT2D eigenvalue weighted by atomic mass is 9.89. The lowest BCUT2D eigenvalue weighted by Gasteiger charge is -2.24. The topological polar surface area (TPSA) is 174 Å². The monoisotopic (exact) mass is 508 g/mol. The van der Waals surface area contributed by atoms with Gasteiger partial charge in [0.05, 0.1) is 18.9 Å². The first-order valence-electron chi connectivity index (χ1n) is 11.9. The Morgan fingerprint density at radius 1 is 1.08 bits per heavy atom. The predicted octanol–water partition coefficient (Wildman–Crippen LogP) is 1.04. The van der Waals surface area contributed by atoms with Crippen molar-refractivity contribution in [3.63, 3.8) is 0 Å². The summed E-state index contributed by atoms with van der Waals surface area (Å²) in [4.78, 5) is 53.7. The molecule has 0 heterocycles. The molecule has 0 aliphatic rings. The Labute approximate surface area is 210 Å². The summed E-state index contributed by atoms with van der Waals surface area (Å²) < 4.78 is 18.3. The molecule has 0 aliphatic heterocycles. The SMILES string of the molecule is CC(C)[C@H](CC(=O)OCc1ccccc1)C(=O)N[C@@H](CO)C(=O)C[C@@H](CCCN=C(N)N)C(=O)CF. The van der Waals surface area contributed by atoms with Gasteiger partial charge in [-0.3, -0.25) is 24.2 Å². The number of aliphatic hydroxyl groups is 1. The number of nitrogens with zero attached hydrogens (tertiary/aromatic N) is 1. The predicted molar refractivity (Wildman–Crippen MR) is 132 cm³/mol. The van der Waals surface area contributed by atoms with E-state index in [1.807, 2.05) is 18.2 Å². The summed E-state index contributed by atoms with van der Waals surface area (Å²) in [7, 11) is 0. The van der Waals surface area contributed by atoms with Crippen LogP contribution >= 0.6 is 0 Å². The number of aliphatic hydroxyl groups excluding tert-OH is 1. The van der Waals surface area contributed by atoms with E-state index in [0.717, 1.165) is 5.56 Å². The van der Waals surface area contributed by atoms with Crippen LogP contribution in [0.2, 0.25) is 0 Å². The third-order valence-electron chi connectivity index (χ3n) is 5.70. The lowest BCUT2D eigenvalue weighted by molar-refractivity contribution is -0.149. The Morgan fingerprint density at radius 3 is 2.31 bits per heavy atom. The van der Waals surface area contributed by atoms with Crippen LogP contribution in [0.15, 0.2) is 35.3 Å². The smallest absolute Gasteiger partial charge is 0.306 e. The van der Waals surface area contributed by atoms with Crippen LogP contribution in [0.3, 0.4) is 0 Å². The Balaban J connectivity index is 2.73. The number of hydrogen-bond acceptors (Lipinski definition) is 7. The zero-order chi connectivity index (χ0) is 27.1. The normalized spacial score (nSPS) is 13.4. The van der Waals surface area contributed by atoms with Crippen molar-refractivity contribution < 1.29 is 33.4 Å². The van der Waals surface area contributed by atoms with Gasteiger partial charge in [-0.25, -0.2) is 4.39 Å². The number of benzene rings is 1. The van der Waals surface area contributed by atoms with E-state index >= 15 is 0 Å². The molecule has 3 atom stereocenters. The van der Waals surface area contributed by atoms with E-state index in [4.69, 9.17) is 16.2 Å². The van der Waals surface area contributed by atoms with Crippen molar-refractivity contribution >= 4 is 29.4 Å². The molecule has 0 fully saturated rings. The van der Waals surface area contributed by atoms with Crippen molar-refractivity contribution in [3.05, 3.63) is 35.9 Å². The van der Waals surface area contributed by atoms with Crippen LogP contribution in [-0.2, 0) is 30.5 Å². The van der Waals surface area contributed by atoms with Gasteiger partial charge in [0, 0.05) is 18.9 Å². The molecule has 36 heavy (non-hydrogen) atoms. The second kappa shape index (κ2) is 16.4. The molecule has 0 bridgehead atoms. The molecule has 6 N–H and O–H groups in total. The maximum Gasteiger partial charge on any atom is 0.306 e. The highest BCUT2D eigenvalue weighted by atomic mass is 19.1. The molecule has 1 aromatic rings. The standard InChI is InChI=1S/C25H37FN4O6/c1-16(2)19(12-23(34)36-15-17-7-4-3-5-8-17)24(35)30-20(14-31)21(32)11-18(22(33)13-26)9-6-10-29-25(27)28/h3-5,7-8,16,18-20,31H,6,9-15H2,1-2H3,(H,30,35)(H4,27,28,29)/t18-,19+,20+/m1/s1. The van der Waals surface area contributed by atoms with Crippen LogP contribution < -0.4 is 16.8 Å². The summed E-state index contributed by atoms with van der Waals surface area (Å²) in [6, 6.07) is 7.78. The summed E-state index contributed by atoms with van der Waals surface area (Å²) in [5.41, 5.74) is 11.3. The minimum atomic E-state index is -1.30. The summed E-state index contributed by atoms with van der Waals surface area (Å²) in [5.74, 6) is -4.67. The van der Waals surface area contributed by atoms with Gasteiger partial charge in [0.1, 0.15) is 19.3 Å². The van der Waals surface area contributed by atoms with Gasteiger partial charge < -0.3 is 26.6 Å². The molecule has 0 spiro atoms. The van der Waals surface area contributed by atoms with Crippen molar-refractivity contribution in [3.8, 4) is 0 Å². The Kier molecular flexibility index (Phi) is 13.9. The first-order valence-corrected chi connectivity index (χ1v) is 11.9. The van der Waals surface area contributed by atoms with Gasteiger partial charge in [0.2, 0.25) is 5.91 Å². The van der Waals surface area contributed by atoms with E-state index in [1.165, 1.54) is 0 Å². The second-order valence-electron chi connectivity index (χ2n) is 8.86. The molecule has 0 saturated heterocycles. The summed E-state index contributed by atoms with van der Waals surface area (Å²) in [5, 5.41) is 12.2. The first-order chi connectivity index (χ1) is 17.1. The van der Waals surface area contributed by atoms with Crippen molar-refractivity contribution in [2.75, 3.05) is 19.8 Å². The van der Waals surface area contributed by atoms with Gasteiger partial charge in [-0.15, -0.1) is 0 Å². The molecule has 1 amide bonds. The minimum Gasteiger partial charge on any atom is -0.461 e. The lowest BCUT2D eigenvalue weighted by Crippen LogP contribution is -2.48. The molecule has 0 unspecified atom stereocenters. The van der Waals surface area contributed by atoms with Gasteiger partial charge in [-0.05, 0) is 24.3 Å². The highest BCUT2D eigenvalue weighted by Gasteiger charge is 2.31. The van der Waals surface area contributed by atoms with E-state index in [-0.39, 0.29) is 44.3 Å². The van der Waals surface area contributed by atoms with E-state index in [2.05, 4.69) is 10.3 Å². The zero-order valence-electron chi connectivity index (χ0n) is 20.8.